The number of aromatic hydroxyl groups is 1. The Bertz CT molecular complexity index is 1350. The quantitative estimate of drug-likeness (QED) is 0.531. The van der Waals surface area contributed by atoms with Gasteiger partial charge in [-0.25, -0.2) is 4.79 Å². The first-order valence-corrected chi connectivity index (χ1v) is 8.88. The number of methoxy groups -OCH3 is 1. The van der Waals surface area contributed by atoms with Crippen molar-refractivity contribution in [2.24, 2.45) is 0 Å². The molecular weight excluding hydrogens is 374 g/mol. The fourth-order valence-corrected chi connectivity index (χ4v) is 4.07. The number of phenolic OH excluding ortho intramolecular Hbond substituents is 1. The maximum atomic E-state index is 13.2. The van der Waals surface area contributed by atoms with Crippen LogP contribution in [0, 0.1) is 0 Å². The minimum Gasteiger partial charge on any atom is -0.504 e. The highest BCUT2D eigenvalue weighted by Gasteiger charge is 2.41. The zero-order chi connectivity index (χ0) is 20.3. The van der Waals surface area contributed by atoms with Gasteiger partial charge in [0.25, 0.3) is 5.56 Å². The average Bonchev–Trinajstić information content (AvgIpc) is 2.98. The fraction of sp³-hybridized carbons (Fsp3) is 0.0952. The van der Waals surface area contributed by atoms with Crippen LogP contribution < -0.4 is 21.3 Å². The van der Waals surface area contributed by atoms with E-state index in [9.17, 15) is 19.5 Å². The zero-order valence-electron chi connectivity index (χ0n) is 15.2. The van der Waals surface area contributed by atoms with Crippen molar-refractivity contribution in [1.29, 1.82) is 0 Å². The Morgan fingerprint density at radius 1 is 1.00 bits per heavy atom. The number of carbonyl (C=O) groups is 1. The third-order valence-corrected chi connectivity index (χ3v) is 5.30. The number of hydrogen-bond acceptors (Lipinski definition) is 6. The average molecular weight is 389 g/mol. The summed E-state index contributed by atoms with van der Waals surface area (Å²) in [5, 5.41) is 13.3. The van der Waals surface area contributed by atoms with Crippen LogP contribution in [0.3, 0.4) is 0 Å². The van der Waals surface area contributed by atoms with Gasteiger partial charge >= 0.3 is 5.69 Å². The third-order valence-electron chi connectivity index (χ3n) is 5.30. The van der Waals surface area contributed by atoms with Crippen LogP contribution in [0.4, 0.5) is 5.82 Å². The number of ketones is 1. The van der Waals surface area contributed by atoms with Gasteiger partial charge < -0.3 is 15.2 Å². The fourth-order valence-electron chi connectivity index (χ4n) is 4.07. The maximum Gasteiger partial charge on any atom is 0.327 e. The van der Waals surface area contributed by atoms with Crippen LogP contribution in [0.25, 0.3) is 5.70 Å². The van der Waals surface area contributed by atoms with Crippen LogP contribution in [-0.4, -0.2) is 28.0 Å². The van der Waals surface area contributed by atoms with Gasteiger partial charge in [0.15, 0.2) is 17.3 Å². The van der Waals surface area contributed by atoms with Crippen LogP contribution >= 0.6 is 0 Å². The summed E-state index contributed by atoms with van der Waals surface area (Å²) < 4.78 is 5.10. The van der Waals surface area contributed by atoms with E-state index in [1.807, 2.05) is 6.07 Å². The number of carbonyl (C=O) groups excluding carboxylic acids is 1. The molecule has 5 rings (SSSR count). The van der Waals surface area contributed by atoms with E-state index < -0.39 is 17.2 Å². The number of rotatable bonds is 2. The SMILES string of the molecule is COc1ccc(C2C3=C(Nc4[nH]c(=O)[nH]c(=O)c42)c2ccccc2C3=O)cc1O. The second kappa shape index (κ2) is 5.96. The smallest absolute Gasteiger partial charge is 0.327 e. The summed E-state index contributed by atoms with van der Waals surface area (Å²) in [6, 6.07) is 11.8. The molecule has 1 atom stereocenters. The highest BCUT2D eigenvalue weighted by molar-refractivity contribution is 6.23. The summed E-state index contributed by atoms with van der Waals surface area (Å²) in [5.41, 5.74) is 1.61. The van der Waals surface area contributed by atoms with Crippen molar-refractivity contribution >= 4 is 17.3 Å². The van der Waals surface area contributed by atoms with Crippen LogP contribution in [-0.2, 0) is 0 Å². The molecule has 0 bridgehead atoms. The summed E-state index contributed by atoms with van der Waals surface area (Å²) >= 11 is 0. The van der Waals surface area contributed by atoms with Crippen LogP contribution in [0.2, 0.25) is 0 Å². The Kier molecular flexibility index (Phi) is 3.51. The molecule has 2 heterocycles. The van der Waals surface area contributed by atoms with E-state index >= 15 is 0 Å². The number of ether oxygens (including phenoxy) is 1. The topological polar surface area (TPSA) is 124 Å². The largest absolute Gasteiger partial charge is 0.504 e. The van der Waals surface area contributed by atoms with Crippen molar-refractivity contribution < 1.29 is 14.6 Å². The van der Waals surface area contributed by atoms with Gasteiger partial charge in [0.05, 0.1) is 18.4 Å². The predicted octanol–water partition coefficient (Wildman–Crippen LogP) is 1.94. The lowest BCUT2D eigenvalue weighted by atomic mass is 9.81. The number of benzene rings is 2. The zero-order valence-corrected chi connectivity index (χ0v) is 15.2. The van der Waals surface area contributed by atoms with Crippen LogP contribution in [0.5, 0.6) is 11.5 Å². The Morgan fingerprint density at radius 2 is 1.76 bits per heavy atom. The molecule has 8 nitrogen and oxygen atoms in total. The normalized spacial score (nSPS) is 16.7. The Labute approximate surface area is 163 Å². The number of aromatic nitrogens is 2. The molecule has 0 saturated heterocycles. The molecule has 3 aromatic rings. The minimum absolute atomic E-state index is 0.115. The summed E-state index contributed by atoms with van der Waals surface area (Å²) in [6.45, 7) is 0. The van der Waals surface area contributed by atoms with Crippen LogP contribution in [0.1, 0.15) is 33.0 Å². The first-order chi connectivity index (χ1) is 14.0. The summed E-state index contributed by atoms with van der Waals surface area (Å²) in [4.78, 5) is 42.6. The molecule has 29 heavy (non-hydrogen) atoms. The van der Waals surface area contributed by atoms with Crippen molar-refractivity contribution in [2.45, 2.75) is 5.92 Å². The number of Topliss-reactive ketones (excluding diaryl/α,β-unsaturated/α-hetero) is 1. The molecule has 0 saturated carbocycles. The summed E-state index contributed by atoms with van der Waals surface area (Å²) in [6.07, 6.45) is 0. The van der Waals surface area contributed by atoms with Gasteiger partial charge in [0.1, 0.15) is 5.82 Å². The number of anilines is 1. The number of phenols is 1. The monoisotopic (exact) mass is 389 g/mol. The van der Waals surface area contributed by atoms with E-state index in [1.165, 1.54) is 13.2 Å². The van der Waals surface area contributed by atoms with Gasteiger partial charge in [0.2, 0.25) is 0 Å². The summed E-state index contributed by atoms with van der Waals surface area (Å²) in [5.74, 6) is -0.606. The van der Waals surface area contributed by atoms with E-state index in [0.717, 1.165) is 0 Å². The number of aromatic amines is 2. The standard InChI is InChI=1S/C21H15N3O5/c1-29-13-7-6-9(8-12(13)25)14-15-17(10-4-2-3-5-11(10)18(15)26)22-19-16(14)20(27)24-21(28)23-19/h2-8,14,25H,1H3,(H3,22,23,24,27,28). The molecule has 144 valence electrons. The number of nitrogens with one attached hydrogen (secondary N) is 3. The van der Waals surface area contributed by atoms with E-state index in [4.69, 9.17) is 4.74 Å². The summed E-state index contributed by atoms with van der Waals surface area (Å²) in [7, 11) is 1.43. The molecular formula is C21H15N3O5. The van der Waals surface area contributed by atoms with E-state index in [0.29, 0.717) is 28.0 Å². The van der Waals surface area contributed by atoms with Crippen molar-refractivity contribution in [1.82, 2.24) is 9.97 Å². The van der Waals surface area contributed by atoms with Crippen molar-refractivity contribution in [3.63, 3.8) is 0 Å². The molecule has 1 aromatic heterocycles. The molecule has 0 spiro atoms. The maximum absolute atomic E-state index is 13.2. The van der Waals surface area contributed by atoms with Gasteiger partial charge in [0, 0.05) is 22.6 Å². The molecule has 0 radical (unpaired) electrons. The first-order valence-electron chi connectivity index (χ1n) is 8.88. The lowest BCUT2D eigenvalue weighted by molar-refractivity contribution is 0.103. The number of hydrogen-bond donors (Lipinski definition) is 4. The minimum atomic E-state index is -0.779. The van der Waals surface area contributed by atoms with E-state index in [1.54, 1.807) is 30.3 Å². The van der Waals surface area contributed by atoms with E-state index in [2.05, 4.69) is 15.3 Å². The third kappa shape index (κ3) is 2.35. The molecule has 1 unspecified atom stereocenters. The molecule has 0 amide bonds. The molecule has 1 aliphatic carbocycles. The lowest BCUT2D eigenvalue weighted by Gasteiger charge is -2.27. The Balaban J connectivity index is 1.82. The lowest BCUT2D eigenvalue weighted by Crippen LogP contribution is -2.33. The molecule has 4 N–H and O–H groups in total. The highest BCUT2D eigenvalue weighted by atomic mass is 16.5. The van der Waals surface area contributed by atoms with Gasteiger partial charge in [-0.2, -0.15) is 0 Å². The predicted molar refractivity (Wildman–Crippen MR) is 106 cm³/mol. The van der Waals surface area contributed by atoms with E-state index in [-0.39, 0.29) is 28.7 Å². The van der Waals surface area contributed by atoms with Gasteiger partial charge in [-0.1, -0.05) is 30.3 Å². The second-order valence-electron chi connectivity index (χ2n) is 6.85. The highest BCUT2D eigenvalue weighted by Crippen LogP contribution is 2.48. The van der Waals surface area contributed by atoms with Crippen molar-refractivity contribution in [3.8, 4) is 11.5 Å². The second-order valence-corrected chi connectivity index (χ2v) is 6.85. The molecule has 1 aliphatic heterocycles. The number of H-pyrrole nitrogens is 2. The Hall–Kier alpha value is -4.07. The Morgan fingerprint density at radius 3 is 2.48 bits per heavy atom. The molecule has 0 fully saturated rings. The van der Waals surface area contributed by atoms with Gasteiger partial charge in [-0.15, -0.1) is 0 Å². The number of fused-ring (bicyclic) bond motifs is 3. The number of allylic oxidation sites excluding steroid dienone is 1. The van der Waals surface area contributed by atoms with Crippen LogP contribution in [0.15, 0.2) is 57.6 Å². The van der Waals surface area contributed by atoms with Crippen molar-refractivity contribution in [3.05, 3.63) is 91.1 Å². The van der Waals surface area contributed by atoms with Gasteiger partial charge in [-0.05, 0) is 17.7 Å². The molecule has 2 aromatic carbocycles. The molecule has 2 aliphatic rings. The van der Waals surface area contributed by atoms with Crippen molar-refractivity contribution in [2.75, 3.05) is 12.4 Å². The first kappa shape index (κ1) is 17.1. The molecule has 8 heteroatoms. The van der Waals surface area contributed by atoms with Gasteiger partial charge in [-0.3, -0.25) is 19.6 Å².